The van der Waals surface area contributed by atoms with Crippen LogP contribution < -0.4 is 5.32 Å². The van der Waals surface area contributed by atoms with Gasteiger partial charge in [0.25, 0.3) is 0 Å². The van der Waals surface area contributed by atoms with Crippen molar-refractivity contribution in [2.75, 3.05) is 19.3 Å². The van der Waals surface area contributed by atoms with Crippen molar-refractivity contribution in [3.05, 3.63) is 11.7 Å². The van der Waals surface area contributed by atoms with Crippen molar-refractivity contribution in [2.45, 2.75) is 45.7 Å². The maximum absolute atomic E-state index is 11.7. The van der Waals surface area contributed by atoms with Crippen molar-refractivity contribution in [2.24, 2.45) is 5.92 Å². The third kappa shape index (κ3) is 4.02. The molecule has 0 unspecified atom stereocenters. The van der Waals surface area contributed by atoms with Gasteiger partial charge in [-0.05, 0) is 26.2 Å². The molecule has 1 aliphatic heterocycles. The standard InChI is InChI=1S/C13H24N4O3S/c1-5-11-8-17(21(4,18)19)7-6-12(11)14-9(2)13-15-10(3)16-20-13/h9,11-12,14H,5-8H2,1-4H3/t9-,11+,12+/m0/s1. The number of nitrogens with zero attached hydrogens (tertiary/aromatic N) is 3. The monoisotopic (exact) mass is 316 g/mol. The van der Waals surface area contributed by atoms with Crippen molar-refractivity contribution < 1.29 is 12.9 Å². The molecule has 1 saturated heterocycles. The van der Waals surface area contributed by atoms with Crippen molar-refractivity contribution in [3.63, 3.8) is 0 Å². The molecule has 0 amide bonds. The fraction of sp³-hybridized carbons (Fsp3) is 0.846. The summed E-state index contributed by atoms with van der Waals surface area (Å²) in [6.07, 6.45) is 3.00. The molecule has 1 aliphatic rings. The molecule has 0 spiro atoms. The van der Waals surface area contributed by atoms with Gasteiger partial charge in [-0.25, -0.2) is 12.7 Å². The van der Waals surface area contributed by atoms with E-state index in [1.165, 1.54) is 6.26 Å². The van der Waals surface area contributed by atoms with Crippen molar-refractivity contribution in [1.29, 1.82) is 0 Å². The van der Waals surface area contributed by atoms with Gasteiger partial charge < -0.3 is 9.84 Å². The first-order chi connectivity index (χ1) is 9.81. The zero-order chi connectivity index (χ0) is 15.6. The van der Waals surface area contributed by atoms with E-state index in [9.17, 15) is 8.42 Å². The lowest BCUT2D eigenvalue weighted by Crippen LogP contribution is -2.51. The van der Waals surface area contributed by atoms with Crippen LogP contribution in [0.1, 0.15) is 44.4 Å². The number of rotatable bonds is 5. The Morgan fingerprint density at radius 3 is 2.76 bits per heavy atom. The van der Waals surface area contributed by atoms with E-state index in [4.69, 9.17) is 4.52 Å². The van der Waals surface area contributed by atoms with E-state index in [0.29, 0.717) is 30.7 Å². The highest BCUT2D eigenvalue weighted by Crippen LogP contribution is 2.24. The van der Waals surface area contributed by atoms with Gasteiger partial charge in [0, 0.05) is 19.1 Å². The maximum Gasteiger partial charge on any atom is 0.243 e. The number of hydrogen-bond donors (Lipinski definition) is 1. The summed E-state index contributed by atoms with van der Waals surface area (Å²) in [4.78, 5) is 4.23. The fourth-order valence-electron chi connectivity index (χ4n) is 2.81. The van der Waals surface area contributed by atoms with Crippen LogP contribution in [0.2, 0.25) is 0 Å². The maximum atomic E-state index is 11.7. The Labute approximate surface area is 126 Å². The number of hydrogen-bond acceptors (Lipinski definition) is 6. The minimum Gasteiger partial charge on any atom is -0.338 e. The molecule has 2 rings (SSSR count). The quantitative estimate of drug-likeness (QED) is 0.875. The molecule has 0 saturated carbocycles. The average Bonchev–Trinajstić information content (AvgIpc) is 2.84. The number of aromatic nitrogens is 2. The summed E-state index contributed by atoms with van der Waals surface area (Å²) >= 11 is 0. The second-order valence-electron chi connectivity index (χ2n) is 5.75. The summed E-state index contributed by atoms with van der Waals surface area (Å²) in [6.45, 7) is 7.00. The Kier molecular flexibility index (Phi) is 5.00. The van der Waals surface area contributed by atoms with Crippen LogP contribution in [-0.4, -0.2) is 48.3 Å². The number of sulfonamides is 1. The lowest BCUT2D eigenvalue weighted by Gasteiger charge is -2.38. The summed E-state index contributed by atoms with van der Waals surface area (Å²) in [5, 5.41) is 7.30. The molecule has 1 fully saturated rings. The molecule has 1 aromatic heterocycles. The minimum absolute atomic E-state index is 0.0324. The zero-order valence-corrected chi connectivity index (χ0v) is 13.9. The highest BCUT2D eigenvalue weighted by Gasteiger charge is 2.33. The smallest absolute Gasteiger partial charge is 0.243 e. The SMILES string of the molecule is CC[C@@H]1CN(S(C)(=O)=O)CC[C@H]1N[C@@H](C)c1nc(C)no1. The summed E-state index contributed by atoms with van der Waals surface area (Å²) in [7, 11) is -3.10. The topological polar surface area (TPSA) is 88.3 Å². The van der Waals surface area contributed by atoms with Crippen molar-refractivity contribution in [1.82, 2.24) is 19.8 Å². The highest BCUT2D eigenvalue weighted by atomic mass is 32.2. The molecule has 8 heteroatoms. The Balaban J connectivity index is 2.00. The summed E-state index contributed by atoms with van der Waals surface area (Å²) in [6, 6.07) is 0.227. The van der Waals surface area contributed by atoms with Gasteiger partial charge in [0.05, 0.1) is 12.3 Å². The van der Waals surface area contributed by atoms with Crippen molar-refractivity contribution in [3.8, 4) is 0 Å². The molecule has 0 bridgehead atoms. The molecular weight excluding hydrogens is 292 g/mol. The van der Waals surface area contributed by atoms with Crippen LogP contribution in [0, 0.1) is 12.8 Å². The lowest BCUT2D eigenvalue weighted by molar-refractivity contribution is 0.185. The molecule has 1 N–H and O–H groups in total. The zero-order valence-electron chi connectivity index (χ0n) is 13.0. The second kappa shape index (κ2) is 6.41. The molecule has 3 atom stereocenters. The predicted molar refractivity (Wildman–Crippen MR) is 79.2 cm³/mol. The molecule has 0 aliphatic carbocycles. The van der Waals surface area contributed by atoms with Gasteiger partial charge in [-0.3, -0.25) is 0 Å². The number of piperidine rings is 1. The van der Waals surface area contributed by atoms with Gasteiger partial charge in [-0.1, -0.05) is 18.5 Å². The van der Waals surface area contributed by atoms with Crippen LogP contribution >= 0.6 is 0 Å². The van der Waals surface area contributed by atoms with E-state index in [0.717, 1.165) is 12.8 Å². The summed E-state index contributed by atoms with van der Waals surface area (Å²) in [5.74, 6) is 1.49. The second-order valence-corrected chi connectivity index (χ2v) is 7.74. The van der Waals surface area contributed by atoms with E-state index in [-0.39, 0.29) is 12.1 Å². The van der Waals surface area contributed by atoms with Crippen molar-refractivity contribution >= 4 is 10.0 Å². The van der Waals surface area contributed by atoms with E-state index >= 15 is 0 Å². The van der Waals surface area contributed by atoms with Gasteiger partial charge in [0.2, 0.25) is 15.9 Å². The first kappa shape index (κ1) is 16.4. The number of aryl methyl sites for hydroxylation is 1. The lowest BCUT2D eigenvalue weighted by atomic mass is 9.90. The van der Waals surface area contributed by atoms with Crippen LogP contribution in [-0.2, 0) is 10.0 Å². The predicted octanol–water partition coefficient (Wildman–Crippen LogP) is 1.09. The third-order valence-corrected chi connectivity index (χ3v) is 5.34. The third-order valence-electron chi connectivity index (χ3n) is 4.07. The summed E-state index contributed by atoms with van der Waals surface area (Å²) in [5.41, 5.74) is 0. The Morgan fingerprint density at radius 1 is 1.52 bits per heavy atom. The molecule has 1 aromatic rings. The van der Waals surface area contributed by atoms with Gasteiger partial charge in [-0.15, -0.1) is 0 Å². The van der Waals surface area contributed by atoms with Crippen LogP contribution in [0.25, 0.3) is 0 Å². The molecule has 2 heterocycles. The minimum atomic E-state index is -3.10. The Morgan fingerprint density at radius 2 is 2.24 bits per heavy atom. The molecule has 0 radical (unpaired) electrons. The molecule has 0 aromatic carbocycles. The first-order valence-electron chi connectivity index (χ1n) is 7.32. The highest BCUT2D eigenvalue weighted by molar-refractivity contribution is 7.88. The molecule has 7 nitrogen and oxygen atoms in total. The molecule has 21 heavy (non-hydrogen) atoms. The summed E-state index contributed by atoms with van der Waals surface area (Å²) < 4.78 is 30.1. The van der Waals surface area contributed by atoms with E-state index in [1.54, 1.807) is 11.2 Å². The first-order valence-corrected chi connectivity index (χ1v) is 9.17. The molecular formula is C13H24N4O3S. The van der Waals surface area contributed by atoms with Gasteiger partial charge in [0.15, 0.2) is 5.82 Å². The van der Waals surface area contributed by atoms with Crippen LogP contribution in [0.3, 0.4) is 0 Å². The van der Waals surface area contributed by atoms with E-state index < -0.39 is 10.0 Å². The van der Waals surface area contributed by atoms with E-state index in [2.05, 4.69) is 22.4 Å². The number of nitrogens with one attached hydrogen (secondary N) is 1. The molecule has 120 valence electrons. The van der Waals surface area contributed by atoms with Crippen LogP contribution in [0.5, 0.6) is 0 Å². The van der Waals surface area contributed by atoms with Gasteiger partial charge in [-0.2, -0.15) is 4.98 Å². The van der Waals surface area contributed by atoms with Gasteiger partial charge in [0.1, 0.15) is 0 Å². The fourth-order valence-corrected chi connectivity index (χ4v) is 3.71. The largest absolute Gasteiger partial charge is 0.338 e. The van der Waals surface area contributed by atoms with Crippen LogP contribution in [0.15, 0.2) is 4.52 Å². The van der Waals surface area contributed by atoms with E-state index in [1.807, 2.05) is 6.92 Å². The Hall–Kier alpha value is -0.990. The van der Waals surface area contributed by atoms with Gasteiger partial charge >= 0.3 is 0 Å². The average molecular weight is 316 g/mol. The Bertz CT molecular complexity index is 572. The van der Waals surface area contributed by atoms with Crippen LogP contribution in [0.4, 0.5) is 0 Å². The normalized spacial score (nSPS) is 25.9.